The Bertz CT molecular complexity index is 1000. The summed E-state index contributed by atoms with van der Waals surface area (Å²) in [5.41, 5.74) is 1.28. The van der Waals surface area contributed by atoms with Crippen LogP contribution in [0, 0.1) is 11.8 Å². The Labute approximate surface area is 256 Å². The van der Waals surface area contributed by atoms with Crippen LogP contribution in [0.3, 0.4) is 0 Å². The number of aryl methyl sites for hydroxylation is 1. The lowest BCUT2D eigenvalue weighted by Crippen LogP contribution is -2.43. The molecule has 1 amide bonds. The minimum atomic E-state index is -2.04. The maximum absolute atomic E-state index is 12.5. The second kappa shape index (κ2) is 17.8. The molecule has 2 rings (SSSR count). The molecule has 1 aliphatic carbocycles. The zero-order chi connectivity index (χ0) is 31.2. The van der Waals surface area contributed by atoms with Crippen molar-refractivity contribution in [3.63, 3.8) is 0 Å². The van der Waals surface area contributed by atoms with Gasteiger partial charge in [-0.3, -0.25) is 9.59 Å². The van der Waals surface area contributed by atoms with Gasteiger partial charge in [-0.05, 0) is 75.1 Å². The highest BCUT2D eigenvalue weighted by Gasteiger charge is 2.43. The first-order valence-electron chi connectivity index (χ1n) is 16.1. The van der Waals surface area contributed by atoms with Gasteiger partial charge in [0.15, 0.2) is 8.32 Å². The molecule has 236 valence electrons. The van der Waals surface area contributed by atoms with Crippen LogP contribution in [0.2, 0.25) is 18.1 Å². The number of allylic oxidation sites excluding steroid dienone is 2. The lowest BCUT2D eigenvalue weighted by molar-refractivity contribution is -0.150. The summed E-state index contributed by atoms with van der Waals surface area (Å²) in [5, 5.41) is 14.0. The number of hydrogen-bond acceptors (Lipinski definition) is 5. The highest BCUT2D eigenvalue weighted by Crippen LogP contribution is 2.40. The highest BCUT2D eigenvalue weighted by atomic mass is 28.4. The van der Waals surface area contributed by atoms with E-state index < -0.39 is 14.4 Å². The number of benzene rings is 1. The summed E-state index contributed by atoms with van der Waals surface area (Å²) in [5.74, 6) is -0.264. The summed E-state index contributed by atoms with van der Waals surface area (Å²) in [6, 6.07) is 10.5. The number of ether oxygens (including phenoxy) is 1. The molecule has 0 saturated heterocycles. The molecule has 0 spiro atoms. The molecule has 1 aliphatic rings. The van der Waals surface area contributed by atoms with Gasteiger partial charge in [0.1, 0.15) is 6.10 Å². The van der Waals surface area contributed by atoms with Crippen LogP contribution in [0.25, 0.3) is 0 Å². The van der Waals surface area contributed by atoms with Gasteiger partial charge in [-0.2, -0.15) is 0 Å². The summed E-state index contributed by atoms with van der Waals surface area (Å²) >= 11 is 0. The van der Waals surface area contributed by atoms with E-state index in [1.165, 1.54) is 5.56 Å². The third-order valence-electron chi connectivity index (χ3n) is 8.71. The minimum Gasteiger partial charge on any atom is -0.462 e. The Hall–Kier alpha value is -2.22. The lowest BCUT2D eigenvalue weighted by Gasteiger charge is -2.39. The highest BCUT2D eigenvalue weighted by molar-refractivity contribution is 6.74. The molecule has 6 nitrogen and oxygen atoms in total. The molecule has 2 N–H and O–H groups in total. The van der Waals surface area contributed by atoms with Crippen LogP contribution in [-0.2, 0) is 25.2 Å². The standard InChI is InChI=1S/C35H57NO5Si/c1-8-17-34(39)40-32-26-31(37)29(20-15-10-11-16-21-33(38)36-9-2)30(32)25-24-28(41-42(6,7)35(3,4)5)23-22-27-18-13-12-14-19-27/h10,12-15,18-19,24-25,28-32,37H,8-9,11,16-17,20-23,26H2,1-7H3,(H,36,38)/b15-10-,25-24+/t28-,29+,30+,31-,32+/m0/s1. The number of carbonyl (C=O) groups excluding carboxylic acids is 2. The zero-order valence-electron chi connectivity index (χ0n) is 27.2. The molecule has 1 aromatic rings. The zero-order valence-corrected chi connectivity index (χ0v) is 28.2. The Kier molecular flexibility index (Phi) is 15.2. The first-order valence-corrected chi connectivity index (χ1v) is 19.0. The maximum atomic E-state index is 12.5. The van der Waals surface area contributed by atoms with Gasteiger partial charge in [-0.1, -0.05) is 82.3 Å². The van der Waals surface area contributed by atoms with Crippen molar-refractivity contribution >= 4 is 20.2 Å². The van der Waals surface area contributed by atoms with Crippen molar-refractivity contribution < 1.29 is 23.9 Å². The summed E-state index contributed by atoms with van der Waals surface area (Å²) in [4.78, 5) is 24.2. The van der Waals surface area contributed by atoms with Crippen molar-refractivity contribution in [1.29, 1.82) is 0 Å². The Morgan fingerprint density at radius 2 is 1.83 bits per heavy atom. The van der Waals surface area contributed by atoms with Gasteiger partial charge >= 0.3 is 5.97 Å². The van der Waals surface area contributed by atoms with Crippen LogP contribution in [0.1, 0.15) is 91.5 Å². The van der Waals surface area contributed by atoms with E-state index in [0.717, 1.165) is 32.1 Å². The predicted octanol–water partition coefficient (Wildman–Crippen LogP) is 7.53. The molecule has 0 aliphatic heterocycles. The van der Waals surface area contributed by atoms with E-state index in [1.54, 1.807) is 0 Å². The number of aliphatic hydroxyl groups excluding tert-OH is 1. The minimum absolute atomic E-state index is 0.0528. The van der Waals surface area contributed by atoms with Crippen LogP contribution >= 0.6 is 0 Å². The molecule has 0 heterocycles. The average Bonchev–Trinajstić information content (AvgIpc) is 3.20. The molecule has 0 aromatic heterocycles. The number of rotatable bonds is 17. The lowest BCUT2D eigenvalue weighted by atomic mass is 9.89. The van der Waals surface area contributed by atoms with Gasteiger partial charge in [0.05, 0.1) is 12.2 Å². The van der Waals surface area contributed by atoms with Crippen molar-refractivity contribution in [3.05, 3.63) is 60.2 Å². The topological polar surface area (TPSA) is 84.9 Å². The van der Waals surface area contributed by atoms with Crippen molar-refractivity contribution in [1.82, 2.24) is 5.32 Å². The van der Waals surface area contributed by atoms with Crippen LogP contribution in [0.4, 0.5) is 0 Å². The fourth-order valence-corrected chi connectivity index (χ4v) is 6.54. The number of esters is 1. The number of unbranched alkanes of at least 4 members (excludes halogenated alkanes) is 1. The molecule has 1 fully saturated rings. The van der Waals surface area contributed by atoms with Crippen molar-refractivity contribution in [2.75, 3.05) is 6.54 Å². The molecule has 7 heteroatoms. The van der Waals surface area contributed by atoms with Gasteiger partial charge in [0, 0.05) is 31.7 Å². The Morgan fingerprint density at radius 1 is 1.12 bits per heavy atom. The molecule has 0 bridgehead atoms. The van der Waals surface area contributed by atoms with Crippen molar-refractivity contribution in [2.45, 2.75) is 129 Å². The smallest absolute Gasteiger partial charge is 0.306 e. The number of carbonyl (C=O) groups is 2. The van der Waals surface area contributed by atoms with Gasteiger partial charge in [0.2, 0.25) is 5.91 Å². The summed E-state index contributed by atoms with van der Waals surface area (Å²) < 4.78 is 12.8. The van der Waals surface area contributed by atoms with Gasteiger partial charge in [-0.15, -0.1) is 0 Å². The van der Waals surface area contributed by atoms with Gasteiger partial charge < -0.3 is 19.6 Å². The molecule has 42 heavy (non-hydrogen) atoms. The predicted molar refractivity (Wildman–Crippen MR) is 175 cm³/mol. The van der Waals surface area contributed by atoms with Gasteiger partial charge in [0.25, 0.3) is 0 Å². The summed E-state index contributed by atoms with van der Waals surface area (Å²) in [6.07, 6.45) is 13.7. The second-order valence-electron chi connectivity index (χ2n) is 13.2. The largest absolute Gasteiger partial charge is 0.462 e. The molecule has 1 aromatic carbocycles. The van der Waals surface area contributed by atoms with E-state index in [2.05, 4.69) is 87.8 Å². The van der Waals surface area contributed by atoms with E-state index >= 15 is 0 Å². The van der Waals surface area contributed by atoms with Crippen molar-refractivity contribution in [2.24, 2.45) is 11.8 Å². The van der Waals surface area contributed by atoms with Crippen molar-refractivity contribution in [3.8, 4) is 0 Å². The van der Waals surface area contributed by atoms with Crippen LogP contribution in [-0.4, -0.2) is 50.2 Å². The third kappa shape index (κ3) is 12.2. The number of amides is 1. The first-order chi connectivity index (χ1) is 19.9. The number of hydrogen-bond donors (Lipinski definition) is 2. The van der Waals surface area contributed by atoms with Gasteiger partial charge in [-0.25, -0.2) is 0 Å². The van der Waals surface area contributed by atoms with Crippen LogP contribution in [0.5, 0.6) is 0 Å². The summed E-state index contributed by atoms with van der Waals surface area (Å²) in [6.45, 7) is 15.9. The normalized spacial score (nSPS) is 22.1. The number of nitrogens with one attached hydrogen (secondary N) is 1. The molecular formula is C35H57NO5Si. The monoisotopic (exact) mass is 599 g/mol. The average molecular weight is 600 g/mol. The molecule has 1 saturated carbocycles. The quantitative estimate of drug-likeness (QED) is 0.0837. The molecule has 0 unspecified atom stereocenters. The number of aliphatic hydroxyl groups is 1. The molecular weight excluding hydrogens is 542 g/mol. The van der Waals surface area contributed by atoms with E-state index in [4.69, 9.17) is 9.16 Å². The fraction of sp³-hybridized carbons (Fsp3) is 0.657. The van der Waals surface area contributed by atoms with Crippen LogP contribution < -0.4 is 5.32 Å². The first kappa shape index (κ1) is 36.0. The fourth-order valence-electron chi connectivity index (χ4n) is 5.23. The van der Waals surface area contributed by atoms with E-state index in [0.29, 0.717) is 32.2 Å². The molecule has 5 atom stereocenters. The van der Waals surface area contributed by atoms with E-state index in [1.807, 2.05) is 19.9 Å². The Morgan fingerprint density at radius 3 is 2.48 bits per heavy atom. The summed E-state index contributed by atoms with van der Waals surface area (Å²) in [7, 11) is -2.04. The van der Waals surface area contributed by atoms with E-state index in [9.17, 15) is 14.7 Å². The maximum Gasteiger partial charge on any atom is 0.306 e. The second-order valence-corrected chi connectivity index (χ2v) is 18.0. The third-order valence-corrected chi connectivity index (χ3v) is 13.2. The molecule has 0 radical (unpaired) electrons. The van der Waals surface area contributed by atoms with Crippen LogP contribution in [0.15, 0.2) is 54.6 Å². The Balaban J connectivity index is 2.22. The SMILES string of the molecule is CCCC(=O)O[C@@H]1C[C@H](O)[C@H](C/C=C\CCCC(=O)NCC)[C@H]1/C=C/[C@H](CCc1ccccc1)O[Si](C)(C)C(C)(C)C. The van der Waals surface area contributed by atoms with E-state index in [-0.39, 0.29) is 41.0 Å².